The Morgan fingerprint density at radius 1 is 0.153 bits per heavy atom. The lowest BCUT2D eigenvalue weighted by atomic mass is 9.73. The second-order valence-electron chi connectivity index (χ2n) is 19.0. The molecule has 1 nitrogen and oxygen atoms in total. The first kappa shape index (κ1) is 40.9. The zero-order valence-electron chi connectivity index (χ0n) is 40.4. The van der Waals surface area contributed by atoms with E-state index in [9.17, 15) is 0 Å². The van der Waals surface area contributed by atoms with Gasteiger partial charge >= 0.3 is 0 Å². The number of furan rings is 1. The summed E-state index contributed by atoms with van der Waals surface area (Å²) in [6, 6.07) is 0. The zero-order chi connectivity index (χ0) is 43.5. The lowest BCUT2D eigenvalue weighted by Crippen LogP contribution is -2.07. The highest BCUT2D eigenvalue weighted by atomic mass is 16.3. The molecule has 0 amide bonds. The van der Waals surface area contributed by atoms with Crippen LogP contribution >= 0.6 is 0 Å². The molecule has 0 aliphatic carbocycles. The van der Waals surface area contributed by atoms with Crippen LogP contribution in [0.1, 0.15) is 122 Å². The molecule has 0 bridgehead atoms. The van der Waals surface area contributed by atoms with Gasteiger partial charge in [0.15, 0.2) is 0 Å². The highest BCUT2D eigenvalue weighted by Crippen LogP contribution is 2.56. The minimum atomic E-state index is 1.04. The first-order valence-electron chi connectivity index (χ1n) is 21.9. The lowest BCUT2D eigenvalue weighted by molar-refractivity contribution is 0.661. The Hall–Kier alpha value is -4.88. The molecule has 0 N–H and O–H groups in total. The van der Waals surface area contributed by atoms with Gasteiger partial charge in [-0.05, 0) is 329 Å². The average Bonchev–Trinajstić information content (AvgIpc) is 3.62. The fraction of sp³-hybridized carbons (Fsp3) is 0.379. The summed E-state index contributed by atoms with van der Waals surface area (Å²) in [7, 11) is 0. The van der Waals surface area contributed by atoms with E-state index in [0.29, 0.717) is 0 Å². The molecular weight excluding hydrogens is 713 g/mol. The fourth-order valence-corrected chi connectivity index (χ4v) is 11.6. The number of rotatable bonds is 2. The van der Waals surface area contributed by atoms with Crippen molar-refractivity contribution in [1.82, 2.24) is 0 Å². The molecule has 0 spiro atoms. The Labute approximate surface area is 354 Å². The minimum Gasteiger partial charge on any atom is -0.455 e. The molecule has 7 aromatic carbocycles. The highest BCUT2D eigenvalue weighted by Gasteiger charge is 2.32. The third-order valence-electron chi connectivity index (χ3n) is 17.0. The van der Waals surface area contributed by atoms with Gasteiger partial charge in [-0.25, -0.2) is 0 Å². The Kier molecular flexibility index (Phi) is 9.22. The van der Waals surface area contributed by atoms with Crippen molar-refractivity contribution in [1.29, 1.82) is 0 Å². The monoisotopic (exact) mass is 779 g/mol. The number of benzene rings is 7. The van der Waals surface area contributed by atoms with Crippen LogP contribution in [0.3, 0.4) is 0 Å². The second kappa shape index (κ2) is 13.3. The van der Waals surface area contributed by atoms with E-state index in [1.807, 2.05) is 0 Å². The normalized spacial score (nSPS) is 12.2. The molecule has 0 fully saturated rings. The Morgan fingerprint density at radius 2 is 0.373 bits per heavy atom. The molecule has 1 heterocycles. The molecule has 0 unspecified atom stereocenters. The molecule has 0 radical (unpaired) electrons. The van der Waals surface area contributed by atoms with Crippen molar-refractivity contribution < 1.29 is 4.42 Å². The summed E-state index contributed by atoms with van der Waals surface area (Å²) in [4.78, 5) is 0. The Morgan fingerprint density at radius 3 is 0.746 bits per heavy atom. The van der Waals surface area contributed by atoms with Gasteiger partial charge in [0, 0.05) is 10.8 Å². The SMILES string of the molecule is Cc1c(C)c(C)c2c(oc3c(C)c(C)c(-c4c5c(C)c(C)c(C)c(C)c5c(-c5c(C)c(C)c(C)c6c(C)c(C)c(C)c(C)c56)c5c(C)c(C)c(C)c(C)c45)c(C)c32)c1C. The average molecular weight is 779 g/mol. The van der Waals surface area contributed by atoms with E-state index in [0.717, 1.165) is 11.2 Å². The summed E-state index contributed by atoms with van der Waals surface area (Å²) in [5, 5.41) is 11.0. The highest BCUT2D eigenvalue weighted by molar-refractivity contribution is 6.29. The first-order chi connectivity index (χ1) is 27.5. The largest absolute Gasteiger partial charge is 0.455 e. The van der Waals surface area contributed by atoms with Crippen molar-refractivity contribution in [2.24, 2.45) is 0 Å². The summed E-state index contributed by atoms with van der Waals surface area (Å²) in [6.07, 6.45) is 0. The van der Waals surface area contributed by atoms with Crippen molar-refractivity contribution in [2.45, 2.75) is 152 Å². The molecule has 1 heteroatoms. The van der Waals surface area contributed by atoms with Crippen LogP contribution in [0.5, 0.6) is 0 Å². The summed E-state index contributed by atoms with van der Waals surface area (Å²) < 4.78 is 7.00. The standard InChI is InChI=1S/C58H66O/c1-23-24(2)34(12)47-45(32(23)10)33(11)31(9)39(17)48(47)56-51-37(15)27(5)25(3)35(13)49(51)55(50-36(14)26(4)28(6)38(16)52(50)56)46-41(19)43(21)58-54(44(46)22)53-40(18)29(7)30(8)42(20)57(53)59-58/h1-22H3. The third kappa shape index (κ3) is 4.97. The zero-order valence-corrected chi connectivity index (χ0v) is 40.4. The van der Waals surface area contributed by atoms with Crippen molar-refractivity contribution in [3.63, 3.8) is 0 Å². The predicted octanol–water partition coefficient (Wildman–Crippen LogP) is 17.2. The summed E-state index contributed by atoms with van der Waals surface area (Å²) >= 11 is 0. The van der Waals surface area contributed by atoms with E-state index in [1.54, 1.807) is 0 Å². The second-order valence-corrected chi connectivity index (χ2v) is 19.0. The maximum atomic E-state index is 7.00. The summed E-state index contributed by atoms with van der Waals surface area (Å²) in [5.41, 5.74) is 37.7. The van der Waals surface area contributed by atoms with Gasteiger partial charge in [0.2, 0.25) is 0 Å². The quantitative estimate of drug-likeness (QED) is 0.159. The van der Waals surface area contributed by atoms with Crippen LogP contribution in [-0.4, -0.2) is 0 Å². The van der Waals surface area contributed by atoms with Crippen LogP contribution in [0.4, 0.5) is 0 Å². The summed E-state index contributed by atoms with van der Waals surface area (Å²) in [5.74, 6) is 0. The molecule has 0 aliphatic heterocycles. The van der Waals surface area contributed by atoms with E-state index in [2.05, 4.69) is 152 Å². The summed E-state index contributed by atoms with van der Waals surface area (Å²) in [6.45, 7) is 51.7. The number of aryl methyl sites for hydroxylation is 11. The van der Waals surface area contributed by atoms with Gasteiger partial charge in [-0.3, -0.25) is 0 Å². The Balaban J connectivity index is 1.79. The van der Waals surface area contributed by atoms with Crippen LogP contribution in [-0.2, 0) is 0 Å². The molecule has 0 aliphatic rings. The van der Waals surface area contributed by atoms with Gasteiger partial charge in [-0.2, -0.15) is 0 Å². The van der Waals surface area contributed by atoms with Gasteiger partial charge < -0.3 is 4.42 Å². The van der Waals surface area contributed by atoms with Gasteiger partial charge in [-0.1, -0.05) is 0 Å². The molecule has 1 aromatic heterocycles. The van der Waals surface area contributed by atoms with Crippen LogP contribution in [0, 0.1) is 152 Å². The molecule has 8 aromatic rings. The van der Waals surface area contributed by atoms with Crippen molar-refractivity contribution in [3.05, 3.63) is 122 Å². The molecule has 59 heavy (non-hydrogen) atoms. The van der Waals surface area contributed by atoms with Crippen LogP contribution in [0.15, 0.2) is 4.42 Å². The predicted molar refractivity (Wildman–Crippen MR) is 261 cm³/mol. The minimum absolute atomic E-state index is 1.04. The van der Waals surface area contributed by atoms with Gasteiger partial charge in [0.05, 0.1) is 0 Å². The smallest absolute Gasteiger partial charge is 0.138 e. The van der Waals surface area contributed by atoms with Crippen LogP contribution in [0.25, 0.3) is 76.5 Å². The van der Waals surface area contributed by atoms with Crippen molar-refractivity contribution in [2.75, 3.05) is 0 Å². The number of hydrogen-bond donors (Lipinski definition) is 0. The van der Waals surface area contributed by atoms with Crippen molar-refractivity contribution >= 4 is 54.3 Å². The number of fused-ring (bicyclic) bond motifs is 6. The van der Waals surface area contributed by atoms with E-state index in [-0.39, 0.29) is 0 Å². The molecule has 0 atom stereocenters. The maximum absolute atomic E-state index is 7.00. The van der Waals surface area contributed by atoms with Crippen LogP contribution < -0.4 is 0 Å². The van der Waals surface area contributed by atoms with E-state index in [4.69, 9.17) is 4.42 Å². The molecule has 0 saturated heterocycles. The molecule has 8 rings (SSSR count). The van der Waals surface area contributed by atoms with E-state index >= 15 is 0 Å². The fourth-order valence-electron chi connectivity index (χ4n) is 11.6. The van der Waals surface area contributed by atoms with Gasteiger partial charge in [0.25, 0.3) is 0 Å². The molecule has 304 valence electrons. The third-order valence-corrected chi connectivity index (χ3v) is 17.0. The van der Waals surface area contributed by atoms with Crippen LogP contribution in [0.2, 0.25) is 0 Å². The topological polar surface area (TPSA) is 13.1 Å². The lowest BCUT2D eigenvalue weighted by Gasteiger charge is -2.30. The Bertz CT molecular complexity index is 3210. The number of hydrogen-bond acceptors (Lipinski definition) is 1. The maximum Gasteiger partial charge on any atom is 0.138 e. The molecular formula is C58H66O. The van der Waals surface area contributed by atoms with E-state index in [1.165, 1.54) is 188 Å². The molecule has 0 saturated carbocycles. The van der Waals surface area contributed by atoms with Gasteiger partial charge in [0.1, 0.15) is 11.2 Å². The van der Waals surface area contributed by atoms with Crippen molar-refractivity contribution in [3.8, 4) is 22.3 Å². The first-order valence-corrected chi connectivity index (χ1v) is 21.9. The van der Waals surface area contributed by atoms with E-state index < -0.39 is 0 Å². The van der Waals surface area contributed by atoms with Gasteiger partial charge in [-0.15, -0.1) is 0 Å².